The maximum absolute atomic E-state index is 4.07. The zero-order valence-electron chi connectivity index (χ0n) is 6.03. The van der Waals surface area contributed by atoms with Crippen molar-refractivity contribution in [3.05, 3.63) is 17.7 Å². The predicted molar refractivity (Wildman–Crippen MR) is 41.8 cm³/mol. The van der Waals surface area contributed by atoms with Gasteiger partial charge in [-0.2, -0.15) is 16.9 Å². The summed E-state index contributed by atoms with van der Waals surface area (Å²) in [5, 5.41) is 7.76. The third-order valence-corrected chi connectivity index (χ3v) is 1.54. The van der Waals surface area contributed by atoms with Crippen LogP contribution < -0.4 is 0 Å². The first-order chi connectivity index (χ1) is 4.83. The highest BCUT2D eigenvalue weighted by Crippen LogP contribution is 2.00. The lowest BCUT2D eigenvalue weighted by Gasteiger charge is -1.93. The van der Waals surface area contributed by atoms with Crippen molar-refractivity contribution in [3.63, 3.8) is 0 Å². The molecule has 0 aliphatic rings. The molecule has 1 aromatic rings. The van der Waals surface area contributed by atoms with Crippen LogP contribution in [0.3, 0.4) is 0 Å². The minimum absolute atomic E-state index is 0.804. The second-order valence-corrected chi connectivity index (χ2v) is 2.81. The van der Waals surface area contributed by atoms with Crippen molar-refractivity contribution in [1.82, 2.24) is 15.2 Å². The second-order valence-electron chi connectivity index (χ2n) is 1.95. The van der Waals surface area contributed by atoms with E-state index >= 15 is 0 Å². The first kappa shape index (κ1) is 7.47. The third-order valence-electron chi connectivity index (χ3n) is 0.997. The lowest BCUT2D eigenvalue weighted by molar-refractivity contribution is 0.867. The van der Waals surface area contributed by atoms with E-state index in [9.17, 15) is 0 Å². The Morgan fingerprint density at radius 3 is 2.80 bits per heavy atom. The lowest BCUT2D eigenvalue weighted by atomic mass is 10.5. The Kier molecular flexibility index (Phi) is 2.62. The molecule has 54 valence electrons. The number of aromatic nitrogens is 3. The summed E-state index contributed by atoms with van der Waals surface area (Å²) in [6.07, 6.45) is 3.75. The molecule has 0 saturated carbocycles. The fourth-order valence-corrected chi connectivity index (χ4v) is 0.942. The summed E-state index contributed by atoms with van der Waals surface area (Å²) in [5.41, 5.74) is 0.866. The highest BCUT2D eigenvalue weighted by Gasteiger charge is 1.93. The number of hydrogen-bond donors (Lipinski definition) is 0. The molecule has 1 aromatic heterocycles. The van der Waals surface area contributed by atoms with Crippen LogP contribution in [-0.2, 0) is 5.75 Å². The van der Waals surface area contributed by atoms with Crippen molar-refractivity contribution in [3.8, 4) is 0 Å². The van der Waals surface area contributed by atoms with Crippen molar-refractivity contribution in [1.29, 1.82) is 0 Å². The van der Waals surface area contributed by atoms with E-state index in [1.807, 2.05) is 13.2 Å². The smallest absolute Gasteiger partial charge is 0.160 e. The van der Waals surface area contributed by atoms with Crippen LogP contribution in [0.15, 0.2) is 6.20 Å². The molecule has 0 aliphatic carbocycles. The van der Waals surface area contributed by atoms with E-state index < -0.39 is 0 Å². The van der Waals surface area contributed by atoms with Crippen LogP contribution in [0.1, 0.15) is 11.5 Å². The molecule has 0 N–H and O–H groups in total. The van der Waals surface area contributed by atoms with Crippen LogP contribution in [0.25, 0.3) is 0 Å². The molecule has 0 radical (unpaired) electrons. The molecule has 1 rings (SSSR count). The Morgan fingerprint density at radius 1 is 1.50 bits per heavy atom. The predicted octanol–water partition coefficient (Wildman–Crippen LogP) is 1.04. The standard InChI is InChI=1S/C6H9N3S/c1-5-3-7-6(4-10-2)9-8-5/h3H,4H2,1-2H3. The molecule has 0 amide bonds. The Balaban J connectivity index is 2.69. The quantitative estimate of drug-likeness (QED) is 0.639. The van der Waals surface area contributed by atoms with Gasteiger partial charge in [0.05, 0.1) is 17.6 Å². The zero-order chi connectivity index (χ0) is 7.40. The SMILES string of the molecule is CSCc1ncc(C)nn1. The van der Waals surface area contributed by atoms with E-state index in [1.165, 1.54) is 0 Å². The Morgan fingerprint density at radius 2 is 2.30 bits per heavy atom. The summed E-state index contributed by atoms with van der Waals surface area (Å²) >= 11 is 1.70. The van der Waals surface area contributed by atoms with Crippen LogP contribution in [-0.4, -0.2) is 21.4 Å². The van der Waals surface area contributed by atoms with E-state index in [1.54, 1.807) is 18.0 Å². The fraction of sp³-hybridized carbons (Fsp3) is 0.500. The minimum atomic E-state index is 0.804. The minimum Gasteiger partial charge on any atom is -0.237 e. The second kappa shape index (κ2) is 3.51. The van der Waals surface area contributed by atoms with Crippen molar-refractivity contribution in [2.45, 2.75) is 12.7 Å². The van der Waals surface area contributed by atoms with Gasteiger partial charge in [0, 0.05) is 0 Å². The number of thioether (sulfide) groups is 1. The van der Waals surface area contributed by atoms with Crippen LogP contribution in [0.2, 0.25) is 0 Å². The molecule has 0 spiro atoms. The monoisotopic (exact) mass is 155 g/mol. The molecule has 0 aromatic carbocycles. The van der Waals surface area contributed by atoms with Crippen LogP contribution in [0, 0.1) is 6.92 Å². The summed E-state index contributed by atoms with van der Waals surface area (Å²) in [4.78, 5) is 4.07. The fourth-order valence-electron chi connectivity index (χ4n) is 0.551. The van der Waals surface area contributed by atoms with Crippen molar-refractivity contribution >= 4 is 11.8 Å². The molecule has 0 unspecified atom stereocenters. The Hall–Kier alpha value is -0.640. The first-order valence-electron chi connectivity index (χ1n) is 2.97. The molecular weight excluding hydrogens is 146 g/mol. The molecule has 0 atom stereocenters. The van der Waals surface area contributed by atoms with Gasteiger partial charge in [0.1, 0.15) is 0 Å². The molecule has 3 nitrogen and oxygen atoms in total. The first-order valence-corrected chi connectivity index (χ1v) is 4.36. The van der Waals surface area contributed by atoms with Crippen molar-refractivity contribution in [2.24, 2.45) is 0 Å². The van der Waals surface area contributed by atoms with Gasteiger partial charge in [-0.3, -0.25) is 0 Å². The normalized spacial score (nSPS) is 9.80. The summed E-state index contributed by atoms with van der Waals surface area (Å²) in [7, 11) is 0. The van der Waals surface area contributed by atoms with Gasteiger partial charge >= 0.3 is 0 Å². The molecule has 0 saturated heterocycles. The van der Waals surface area contributed by atoms with Gasteiger partial charge < -0.3 is 0 Å². The number of aryl methyl sites for hydroxylation is 1. The third kappa shape index (κ3) is 1.95. The Labute approximate surface area is 64.3 Å². The Bertz CT molecular complexity index is 197. The maximum Gasteiger partial charge on any atom is 0.160 e. The average Bonchev–Trinajstić information content (AvgIpc) is 1.95. The lowest BCUT2D eigenvalue weighted by Crippen LogP contribution is -1.95. The molecule has 0 fully saturated rings. The highest BCUT2D eigenvalue weighted by atomic mass is 32.2. The molecular formula is C6H9N3S. The molecule has 0 aliphatic heterocycles. The van der Waals surface area contributed by atoms with Gasteiger partial charge in [-0.25, -0.2) is 4.98 Å². The average molecular weight is 155 g/mol. The summed E-state index contributed by atoms with van der Waals surface area (Å²) in [5.74, 6) is 1.64. The number of rotatable bonds is 2. The van der Waals surface area contributed by atoms with E-state index in [0.29, 0.717) is 0 Å². The van der Waals surface area contributed by atoms with Crippen molar-refractivity contribution in [2.75, 3.05) is 6.26 Å². The largest absolute Gasteiger partial charge is 0.237 e. The highest BCUT2D eigenvalue weighted by molar-refractivity contribution is 7.97. The van der Waals surface area contributed by atoms with Crippen LogP contribution >= 0.6 is 11.8 Å². The van der Waals surface area contributed by atoms with E-state index in [-0.39, 0.29) is 0 Å². The van der Waals surface area contributed by atoms with Gasteiger partial charge in [-0.1, -0.05) is 0 Å². The maximum atomic E-state index is 4.07. The van der Waals surface area contributed by atoms with Gasteiger partial charge in [0.25, 0.3) is 0 Å². The van der Waals surface area contributed by atoms with Gasteiger partial charge in [-0.15, -0.1) is 5.10 Å². The summed E-state index contributed by atoms with van der Waals surface area (Å²) in [6.45, 7) is 1.88. The van der Waals surface area contributed by atoms with Crippen molar-refractivity contribution < 1.29 is 0 Å². The van der Waals surface area contributed by atoms with Crippen LogP contribution in [0.4, 0.5) is 0 Å². The molecule has 0 bridgehead atoms. The zero-order valence-corrected chi connectivity index (χ0v) is 6.85. The van der Waals surface area contributed by atoms with E-state index in [0.717, 1.165) is 17.3 Å². The number of hydrogen-bond acceptors (Lipinski definition) is 4. The molecule has 4 heteroatoms. The van der Waals surface area contributed by atoms with Gasteiger partial charge in [-0.05, 0) is 13.2 Å². The van der Waals surface area contributed by atoms with Crippen LogP contribution in [0.5, 0.6) is 0 Å². The van der Waals surface area contributed by atoms with Gasteiger partial charge in [0.2, 0.25) is 0 Å². The van der Waals surface area contributed by atoms with Gasteiger partial charge in [0.15, 0.2) is 5.82 Å². The summed E-state index contributed by atoms with van der Waals surface area (Å²) in [6, 6.07) is 0. The topological polar surface area (TPSA) is 38.7 Å². The number of nitrogens with zero attached hydrogens (tertiary/aromatic N) is 3. The van der Waals surface area contributed by atoms with E-state index in [4.69, 9.17) is 0 Å². The van der Waals surface area contributed by atoms with E-state index in [2.05, 4.69) is 15.2 Å². The molecule has 10 heavy (non-hydrogen) atoms. The summed E-state index contributed by atoms with van der Waals surface area (Å²) < 4.78 is 0. The molecule has 1 heterocycles.